The lowest BCUT2D eigenvalue weighted by Crippen LogP contribution is -2.35. The van der Waals surface area contributed by atoms with Gasteiger partial charge in [0, 0.05) is 38.6 Å². The summed E-state index contributed by atoms with van der Waals surface area (Å²) in [6, 6.07) is 8.66. The number of anilines is 2. The lowest BCUT2D eigenvalue weighted by molar-refractivity contribution is 0.217. The van der Waals surface area contributed by atoms with Gasteiger partial charge in [-0.25, -0.2) is 0 Å². The maximum atomic E-state index is 3.56. The van der Waals surface area contributed by atoms with Crippen molar-refractivity contribution < 1.29 is 0 Å². The molecule has 1 aliphatic rings. The molecule has 0 aliphatic carbocycles. The van der Waals surface area contributed by atoms with E-state index in [2.05, 4.69) is 60.5 Å². The Hall–Kier alpha value is -1.22. The Balaban J connectivity index is 1.82. The van der Waals surface area contributed by atoms with Gasteiger partial charge in [0.15, 0.2) is 0 Å². The average Bonchev–Trinajstić information content (AvgIpc) is 2.37. The molecule has 0 spiro atoms. The standard InChI is InChI=1S/C15H25N3/c1-17(2)15-8-6-14(7-9-15)16-11-13-5-4-10-18(3)12-13/h6-9,13,16H,4-5,10-12H2,1-3H3. The van der Waals surface area contributed by atoms with Crippen LogP contribution in [0.25, 0.3) is 0 Å². The topological polar surface area (TPSA) is 18.5 Å². The van der Waals surface area contributed by atoms with E-state index in [1.165, 1.54) is 37.3 Å². The molecule has 0 radical (unpaired) electrons. The zero-order chi connectivity index (χ0) is 13.0. The molecule has 1 aromatic rings. The summed E-state index contributed by atoms with van der Waals surface area (Å²) in [6.07, 6.45) is 2.69. The van der Waals surface area contributed by atoms with Gasteiger partial charge in [-0.05, 0) is 56.6 Å². The maximum absolute atomic E-state index is 3.56. The number of rotatable bonds is 4. The molecule has 1 N–H and O–H groups in total. The molecular weight excluding hydrogens is 222 g/mol. The van der Waals surface area contributed by atoms with Crippen molar-refractivity contribution >= 4 is 11.4 Å². The molecular formula is C15H25N3. The van der Waals surface area contributed by atoms with Gasteiger partial charge >= 0.3 is 0 Å². The molecule has 3 nitrogen and oxygen atoms in total. The first-order valence-electron chi connectivity index (χ1n) is 6.85. The summed E-state index contributed by atoms with van der Waals surface area (Å²) in [6.45, 7) is 3.57. The summed E-state index contributed by atoms with van der Waals surface area (Å²) < 4.78 is 0. The Labute approximate surface area is 111 Å². The van der Waals surface area contributed by atoms with Gasteiger partial charge in [-0.2, -0.15) is 0 Å². The predicted molar refractivity (Wildman–Crippen MR) is 79.5 cm³/mol. The van der Waals surface area contributed by atoms with Gasteiger partial charge in [-0.15, -0.1) is 0 Å². The zero-order valence-corrected chi connectivity index (χ0v) is 11.8. The summed E-state index contributed by atoms with van der Waals surface area (Å²) in [5, 5.41) is 3.56. The molecule has 1 aromatic carbocycles. The first-order valence-corrected chi connectivity index (χ1v) is 6.85. The predicted octanol–water partition coefficient (Wildman–Crippen LogP) is 2.51. The van der Waals surface area contributed by atoms with Crippen LogP contribution in [0, 0.1) is 5.92 Å². The first kappa shape index (κ1) is 13.2. The van der Waals surface area contributed by atoms with Crippen molar-refractivity contribution in [3.05, 3.63) is 24.3 Å². The summed E-state index contributed by atoms with van der Waals surface area (Å²) in [5.41, 5.74) is 2.48. The van der Waals surface area contributed by atoms with Crippen LogP contribution in [0.2, 0.25) is 0 Å². The summed E-state index contributed by atoms with van der Waals surface area (Å²) in [4.78, 5) is 4.56. The molecule has 0 bridgehead atoms. The number of piperidine rings is 1. The second kappa shape index (κ2) is 6.10. The van der Waals surface area contributed by atoms with E-state index in [0.717, 1.165) is 12.5 Å². The molecule has 18 heavy (non-hydrogen) atoms. The van der Waals surface area contributed by atoms with Crippen LogP contribution in [0.1, 0.15) is 12.8 Å². The Bertz CT molecular complexity index is 359. The number of nitrogens with one attached hydrogen (secondary N) is 1. The summed E-state index contributed by atoms with van der Waals surface area (Å²) in [7, 11) is 6.36. The number of likely N-dealkylation sites (tertiary alicyclic amines) is 1. The minimum Gasteiger partial charge on any atom is -0.385 e. The van der Waals surface area contributed by atoms with E-state index in [4.69, 9.17) is 0 Å². The van der Waals surface area contributed by atoms with Crippen LogP contribution in [0.3, 0.4) is 0 Å². The van der Waals surface area contributed by atoms with Crippen LogP contribution >= 0.6 is 0 Å². The molecule has 1 saturated heterocycles. The van der Waals surface area contributed by atoms with Crippen molar-refractivity contribution in [2.24, 2.45) is 5.92 Å². The van der Waals surface area contributed by atoms with Crippen molar-refractivity contribution in [3.8, 4) is 0 Å². The summed E-state index contributed by atoms with van der Waals surface area (Å²) in [5.74, 6) is 0.789. The molecule has 1 aliphatic heterocycles. The molecule has 1 atom stereocenters. The first-order chi connectivity index (χ1) is 8.65. The van der Waals surface area contributed by atoms with E-state index in [9.17, 15) is 0 Å². The average molecular weight is 247 g/mol. The molecule has 0 aromatic heterocycles. The highest BCUT2D eigenvalue weighted by Crippen LogP contribution is 2.18. The van der Waals surface area contributed by atoms with E-state index in [1.54, 1.807) is 0 Å². The third kappa shape index (κ3) is 3.64. The van der Waals surface area contributed by atoms with Crippen LogP contribution in [0.15, 0.2) is 24.3 Å². The van der Waals surface area contributed by atoms with Crippen LogP contribution in [0.5, 0.6) is 0 Å². The lowest BCUT2D eigenvalue weighted by Gasteiger charge is -2.30. The van der Waals surface area contributed by atoms with Crippen LogP contribution in [-0.4, -0.2) is 45.7 Å². The highest BCUT2D eigenvalue weighted by molar-refractivity contribution is 5.54. The van der Waals surface area contributed by atoms with Gasteiger partial charge in [0.2, 0.25) is 0 Å². The molecule has 1 unspecified atom stereocenters. The van der Waals surface area contributed by atoms with Crippen molar-refractivity contribution in [1.82, 2.24) is 4.90 Å². The Morgan fingerprint density at radius 3 is 2.61 bits per heavy atom. The van der Waals surface area contributed by atoms with Crippen molar-refractivity contribution in [3.63, 3.8) is 0 Å². The number of hydrogen-bond donors (Lipinski definition) is 1. The monoisotopic (exact) mass is 247 g/mol. The highest BCUT2D eigenvalue weighted by Gasteiger charge is 2.16. The molecule has 1 fully saturated rings. The fourth-order valence-corrected chi connectivity index (χ4v) is 2.58. The van der Waals surface area contributed by atoms with Crippen LogP contribution in [-0.2, 0) is 0 Å². The highest BCUT2D eigenvalue weighted by atomic mass is 15.1. The van der Waals surface area contributed by atoms with Crippen molar-refractivity contribution in [2.75, 3.05) is 51.0 Å². The fraction of sp³-hybridized carbons (Fsp3) is 0.600. The minimum atomic E-state index is 0.789. The second-order valence-electron chi connectivity index (χ2n) is 5.59. The van der Waals surface area contributed by atoms with E-state index in [0.29, 0.717) is 0 Å². The molecule has 0 amide bonds. The Kier molecular flexibility index (Phi) is 4.48. The Morgan fingerprint density at radius 1 is 1.28 bits per heavy atom. The van der Waals surface area contributed by atoms with Crippen molar-refractivity contribution in [1.29, 1.82) is 0 Å². The van der Waals surface area contributed by atoms with Gasteiger partial charge in [-0.3, -0.25) is 0 Å². The third-order valence-electron chi connectivity index (χ3n) is 3.70. The van der Waals surface area contributed by atoms with Crippen LogP contribution < -0.4 is 10.2 Å². The van der Waals surface area contributed by atoms with Gasteiger partial charge in [0.25, 0.3) is 0 Å². The third-order valence-corrected chi connectivity index (χ3v) is 3.70. The number of nitrogens with zero attached hydrogens (tertiary/aromatic N) is 2. The number of benzene rings is 1. The second-order valence-corrected chi connectivity index (χ2v) is 5.59. The van der Waals surface area contributed by atoms with E-state index >= 15 is 0 Å². The van der Waals surface area contributed by atoms with E-state index in [-0.39, 0.29) is 0 Å². The molecule has 0 saturated carbocycles. The molecule has 1 heterocycles. The van der Waals surface area contributed by atoms with Gasteiger partial charge in [-0.1, -0.05) is 0 Å². The quantitative estimate of drug-likeness (QED) is 0.882. The fourth-order valence-electron chi connectivity index (χ4n) is 2.58. The van der Waals surface area contributed by atoms with Crippen LogP contribution in [0.4, 0.5) is 11.4 Å². The zero-order valence-electron chi connectivity index (χ0n) is 11.8. The minimum absolute atomic E-state index is 0.789. The Morgan fingerprint density at radius 2 is 2.00 bits per heavy atom. The largest absolute Gasteiger partial charge is 0.385 e. The van der Waals surface area contributed by atoms with E-state index in [1.807, 2.05) is 0 Å². The smallest absolute Gasteiger partial charge is 0.0362 e. The molecule has 100 valence electrons. The normalized spacial score (nSPS) is 20.7. The van der Waals surface area contributed by atoms with Gasteiger partial charge in [0.1, 0.15) is 0 Å². The number of hydrogen-bond acceptors (Lipinski definition) is 3. The SMILES string of the molecule is CN1CCCC(CNc2ccc(N(C)C)cc2)C1. The summed E-state index contributed by atoms with van der Waals surface area (Å²) >= 11 is 0. The van der Waals surface area contributed by atoms with Gasteiger partial charge in [0.05, 0.1) is 0 Å². The van der Waals surface area contributed by atoms with Gasteiger partial charge < -0.3 is 15.1 Å². The molecule has 3 heteroatoms. The van der Waals surface area contributed by atoms with E-state index < -0.39 is 0 Å². The maximum Gasteiger partial charge on any atom is 0.0362 e. The molecule has 2 rings (SSSR count). The van der Waals surface area contributed by atoms with Crippen molar-refractivity contribution in [2.45, 2.75) is 12.8 Å². The lowest BCUT2D eigenvalue weighted by atomic mass is 9.98.